The number of nitrogens with zero attached hydrogens (tertiary/aromatic N) is 3. The monoisotopic (exact) mass is 843 g/mol. The molecule has 0 aliphatic heterocycles. The summed E-state index contributed by atoms with van der Waals surface area (Å²) >= 11 is 0. The number of guanidine groups is 2. The number of hydrogen-bond donors (Lipinski definition) is 9. The van der Waals surface area contributed by atoms with Crippen LogP contribution >= 0.6 is 0 Å². The smallest absolute Gasteiger partial charge is 0.253 e. The second-order valence-corrected chi connectivity index (χ2v) is 14.6. The van der Waals surface area contributed by atoms with E-state index in [0.717, 1.165) is 30.0 Å². The van der Waals surface area contributed by atoms with Crippen LogP contribution in [0, 0.1) is 11.7 Å². The summed E-state index contributed by atoms with van der Waals surface area (Å²) in [7, 11) is 0. The first-order valence-corrected chi connectivity index (χ1v) is 19.3. The normalized spacial score (nSPS) is 12.9. The number of carbonyl (C=O) groups is 6. The Balaban J connectivity index is 2.03. The van der Waals surface area contributed by atoms with E-state index < -0.39 is 65.4 Å². The summed E-state index contributed by atoms with van der Waals surface area (Å²) in [4.78, 5) is 90.4. The topological polar surface area (TPSA) is 317 Å². The number of phenols is 1. The lowest BCUT2D eigenvalue weighted by molar-refractivity contribution is -0.148. The maximum Gasteiger partial charge on any atom is 0.253 e. The molecular weight excluding hydrogens is 790 g/mol. The number of rotatable bonds is 21. The molecule has 61 heavy (non-hydrogen) atoms. The Kier molecular flexibility index (Phi) is 18.4. The van der Waals surface area contributed by atoms with Gasteiger partial charge in [-0.15, -0.1) is 0 Å². The first-order chi connectivity index (χ1) is 28.8. The number of carbonyl (C=O) groups excluding carboxylic acids is 6. The lowest BCUT2D eigenvalue weighted by Crippen LogP contribution is -2.59. The van der Waals surface area contributed by atoms with Crippen molar-refractivity contribution in [1.82, 2.24) is 20.9 Å². The molecule has 6 amide bonds. The van der Waals surface area contributed by atoms with Gasteiger partial charge in [-0.25, -0.2) is 9.38 Å². The molecule has 0 aliphatic carbocycles. The summed E-state index contributed by atoms with van der Waals surface area (Å²) in [6, 6.07) is 12.0. The Labute approximate surface area is 352 Å². The van der Waals surface area contributed by atoms with Crippen LogP contribution in [0.25, 0.3) is 6.08 Å². The molecule has 3 aromatic rings. The minimum Gasteiger partial charge on any atom is -0.508 e. The van der Waals surface area contributed by atoms with Crippen LogP contribution in [0.5, 0.6) is 5.75 Å². The Bertz CT molecular complexity index is 2080. The highest BCUT2D eigenvalue weighted by molar-refractivity contribution is 6.06. The second-order valence-electron chi connectivity index (χ2n) is 14.6. The Morgan fingerprint density at radius 2 is 1.30 bits per heavy atom. The van der Waals surface area contributed by atoms with Crippen LogP contribution in [0.1, 0.15) is 56.7 Å². The molecule has 14 N–H and O–H groups in total. The van der Waals surface area contributed by atoms with E-state index in [0.29, 0.717) is 28.8 Å². The maximum atomic E-state index is 14.5. The van der Waals surface area contributed by atoms with Gasteiger partial charge in [0.1, 0.15) is 35.7 Å². The van der Waals surface area contributed by atoms with Crippen molar-refractivity contribution in [3.63, 3.8) is 0 Å². The second kappa shape index (κ2) is 23.3. The highest BCUT2D eigenvalue weighted by Gasteiger charge is 2.36. The first kappa shape index (κ1) is 48.1. The van der Waals surface area contributed by atoms with Gasteiger partial charge in [0.2, 0.25) is 29.5 Å². The van der Waals surface area contributed by atoms with E-state index in [1.807, 2.05) is 13.8 Å². The highest BCUT2D eigenvalue weighted by atomic mass is 19.1. The van der Waals surface area contributed by atoms with Crippen LogP contribution in [0.15, 0.2) is 88.9 Å². The predicted octanol–water partition coefficient (Wildman–Crippen LogP) is 0.718. The number of amides is 6. The molecule has 0 spiro atoms. The number of phenolic OH excluding ortho intramolecular Hbond substituents is 1. The van der Waals surface area contributed by atoms with Crippen LogP contribution in [-0.4, -0.2) is 88.1 Å². The van der Waals surface area contributed by atoms with Gasteiger partial charge in [0.05, 0.1) is 5.69 Å². The van der Waals surface area contributed by atoms with Crippen LogP contribution in [0.4, 0.5) is 10.1 Å². The summed E-state index contributed by atoms with van der Waals surface area (Å²) in [6.45, 7) is 4.89. The predicted molar refractivity (Wildman–Crippen MR) is 229 cm³/mol. The number of nitrogens with two attached hydrogens (primary N) is 5. The fraction of sp³-hybridized carbons (Fsp3) is 0.333. The fourth-order valence-corrected chi connectivity index (χ4v) is 6.11. The van der Waals surface area contributed by atoms with E-state index in [-0.39, 0.29) is 55.8 Å². The van der Waals surface area contributed by atoms with Crippen molar-refractivity contribution in [3.8, 4) is 5.75 Å². The van der Waals surface area contributed by atoms with E-state index in [1.54, 1.807) is 24.3 Å². The summed E-state index contributed by atoms with van der Waals surface area (Å²) in [5.41, 5.74) is 29.2. The minimum absolute atomic E-state index is 0.00447. The van der Waals surface area contributed by atoms with Crippen molar-refractivity contribution in [1.29, 1.82) is 0 Å². The average molecular weight is 844 g/mol. The van der Waals surface area contributed by atoms with E-state index in [4.69, 9.17) is 28.7 Å². The van der Waals surface area contributed by atoms with Crippen molar-refractivity contribution >= 4 is 59.1 Å². The van der Waals surface area contributed by atoms with E-state index in [2.05, 4.69) is 25.9 Å². The molecule has 19 heteroatoms. The van der Waals surface area contributed by atoms with Gasteiger partial charge in [-0.2, -0.15) is 0 Å². The molecule has 0 aliphatic rings. The average Bonchev–Trinajstić information content (AvgIpc) is 3.18. The van der Waals surface area contributed by atoms with Gasteiger partial charge < -0.3 is 49.7 Å². The number of primary amides is 1. The molecule has 0 radical (unpaired) electrons. The minimum atomic E-state index is -1.57. The zero-order valence-electron chi connectivity index (χ0n) is 34.2. The lowest BCUT2D eigenvalue weighted by atomic mass is 9.99. The van der Waals surface area contributed by atoms with Gasteiger partial charge >= 0.3 is 0 Å². The third kappa shape index (κ3) is 16.5. The summed E-state index contributed by atoms with van der Waals surface area (Å²) in [6.07, 6.45) is 2.53. The van der Waals surface area contributed by atoms with Crippen LogP contribution < -0.4 is 44.6 Å². The Morgan fingerprint density at radius 3 is 1.85 bits per heavy atom. The largest absolute Gasteiger partial charge is 0.508 e. The Morgan fingerprint density at radius 1 is 0.738 bits per heavy atom. The van der Waals surface area contributed by atoms with Gasteiger partial charge in [0.15, 0.2) is 11.9 Å². The van der Waals surface area contributed by atoms with Gasteiger partial charge in [-0.1, -0.05) is 50.2 Å². The molecule has 3 aromatic carbocycles. The molecule has 0 saturated carbocycles. The molecule has 4 atom stereocenters. The third-order valence-electron chi connectivity index (χ3n) is 9.06. The van der Waals surface area contributed by atoms with Gasteiger partial charge in [0, 0.05) is 32.4 Å². The number of aromatic hydroxyl groups is 1. The molecule has 0 saturated heterocycles. The molecule has 0 unspecified atom stereocenters. The van der Waals surface area contributed by atoms with Crippen molar-refractivity contribution in [3.05, 3.63) is 101 Å². The van der Waals surface area contributed by atoms with Crippen LogP contribution in [-0.2, 0) is 41.6 Å². The molecule has 0 bridgehead atoms. The Hall–Kier alpha value is -7.31. The molecule has 326 valence electrons. The number of hydrogen-bond acceptors (Lipinski definition) is 9. The fourth-order valence-electron chi connectivity index (χ4n) is 6.11. The van der Waals surface area contributed by atoms with Gasteiger partial charge in [0.25, 0.3) is 5.91 Å². The van der Waals surface area contributed by atoms with Crippen molar-refractivity contribution < 1.29 is 38.3 Å². The summed E-state index contributed by atoms with van der Waals surface area (Å²) in [5, 5.41) is 17.6. The standard InChI is InChI=1S/C42H54FN11O7/c1-24(2)21-33(38(59)51-32(37(44)58)5-4-20-49-41(45)46)52-39(60)34(22-27-8-15-30(16-9-27)50-42(47)48)53-40(61)35(23-28-6-13-29(43)14-7-28)54(25(3)55)36(57)19-12-26-10-17-31(56)18-11-26/h6-19,24,32-35,56H,4-5,20-23H2,1-3H3,(H2,44,58)(H,51,59)(H,52,60)(H,53,61)(H4,45,46,49)(H4,47,48,50)/b19-12+/t32-,33-,34-,35-/m0/s1. The lowest BCUT2D eigenvalue weighted by Gasteiger charge is -2.30. The number of benzene rings is 3. The molecule has 3 rings (SSSR count). The SMILES string of the molecule is CC(=O)N(C(=O)/C=C/c1ccc(O)cc1)[C@@H](Cc1ccc(F)cc1)C(=O)N[C@@H](Cc1ccc(N=C(N)N)cc1)C(=O)N[C@@H](CC(C)C)C(=O)N[C@@H](CCCN=C(N)N)C(N)=O. The van der Waals surface area contributed by atoms with Gasteiger partial charge in [-0.3, -0.25) is 38.7 Å². The quantitative estimate of drug-likeness (QED) is 0.0311. The molecule has 0 aromatic heterocycles. The molecule has 0 heterocycles. The first-order valence-electron chi connectivity index (χ1n) is 19.3. The van der Waals surface area contributed by atoms with Crippen molar-refractivity contribution in [2.45, 2.75) is 77.0 Å². The number of imide groups is 1. The molecule has 0 fully saturated rings. The van der Waals surface area contributed by atoms with E-state index in [1.165, 1.54) is 42.5 Å². The number of aliphatic imine (C=N–C) groups is 2. The van der Waals surface area contributed by atoms with E-state index in [9.17, 15) is 38.3 Å². The van der Waals surface area contributed by atoms with Crippen molar-refractivity contribution in [2.24, 2.45) is 44.6 Å². The molecular formula is C42H54FN11O7. The van der Waals surface area contributed by atoms with Crippen LogP contribution in [0.2, 0.25) is 0 Å². The van der Waals surface area contributed by atoms with Crippen LogP contribution in [0.3, 0.4) is 0 Å². The zero-order chi connectivity index (χ0) is 45.2. The zero-order valence-corrected chi connectivity index (χ0v) is 34.2. The summed E-state index contributed by atoms with van der Waals surface area (Å²) < 4.78 is 13.9. The molecule has 18 nitrogen and oxygen atoms in total. The van der Waals surface area contributed by atoms with Gasteiger partial charge in [-0.05, 0) is 84.3 Å². The summed E-state index contributed by atoms with van der Waals surface area (Å²) in [5.74, 6) is -6.02. The maximum absolute atomic E-state index is 14.5. The van der Waals surface area contributed by atoms with Crippen molar-refractivity contribution in [2.75, 3.05) is 6.54 Å². The van der Waals surface area contributed by atoms with E-state index >= 15 is 0 Å². The number of halogens is 1. The number of nitrogens with one attached hydrogen (secondary N) is 3. The third-order valence-corrected chi connectivity index (χ3v) is 9.06. The highest BCUT2D eigenvalue weighted by Crippen LogP contribution is 2.18.